The van der Waals surface area contributed by atoms with Gasteiger partial charge in [-0.15, -0.1) is 0 Å². The van der Waals surface area contributed by atoms with Gasteiger partial charge < -0.3 is 5.32 Å². The first-order valence-electron chi connectivity index (χ1n) is 4.02. The van der Waals surface area contributed by atoms with Gasteiger partial charge in [-0.3, -0.25) is 4.98 Å². The van der Waals surface area contributed by atoms with Crippen molar-refractivity contribution in [3.8, 4) is 5.69 Å². The summed E-state index contributed by atoms with van der Waals surface area (Å²) in [6, 6.07) is 1.92. The first-order chi connectivity index (χ1) is 6.45. The Bertz CT molecular complexity index is 447. The summed E-state index contributed by atoms with van der Waals surface area (Å²) in [4.78, 5) is 8.16. The highest BCUT2D eigenvalue weighted by Gasteiger charge is 2.15. The number of anilines is 1. The highest BCUT2D eigenvalue weighted by atomic mass is 15.4. The van der Waals surface area contributed by atoms with Crippen molar-refractivity contribution in [2.24, 2.45) is 0 Å². The topological polar surface area (TPSA) is 55.6 Å². The number of nitrogens with zero attached hydrogens (tertiary/aromatic N) is 4. The quantitative estimate of drug-likeness (QED) is 0.633. The second-order valence-electron chi connectivity index (χ2n) is 2.83. The lowest BCUT2D eigenvalue weighted by molar-refractivity contribution is 0.780. The molecule has 0 aromatic carbocycles. The van der Waals surface area contributed by atoms with E-state index in [-0.39, 0.29) is 0 Å². The number of nitrogens with one attached hydrogen (secondary N) is 1. The van der Waals surface area contributed by atoms with Crippen molar-refractivity contribution in [2.45, 2.75) is 6.54 Å². The van der Waals surface area contributed by atoms with Crippen LogP contribution in [0.15, 0.2) is 24.8 Å². The lowest BCUT2D eigenvalue weighted by Gasteiger charge is -2.17. The molecule has 0 bridgehead atoms. The molecule has 3 heterocycles. The van der Waals surface area contributed by atoms with E-state index in [9.17, 15) is 0 Å². The zero-order valence-corrected chi connectivity index (χ0v) is 6.81. The maximum atomic E-state index is 4.14. The highest BCUT2D eigenvalue weighted by Crippen LogP contribution is 2.23. The summed E-state index contributed by atoms with van der Waals surface area (Å²) in [5.74, 6) is 0.929. The standard InChI is InChI=1S/C8H7N5/c1-2-9-3-6-7(1)13-8(4-10-6)11-5-12-13/h1-3,5,10H,4H2. The smallest absolute Gasteiger partial charge is 0.151 e. The average molecular weight is 173 g/mol. The molecule has 1 aliphatic heterocycles. The minimum absolute atomic E-state index is 0.707. The van der Waals surface area contributed by atoms with Crippen molar-refractivity contribution in [2.75, 3.05) is 5.32 Å². The number of rotatable bonds is 0. The monoisotopic (exact) mass is 173 g/mol. The second-order valence-corrected chi connectivity index (χ2v) is 2.83. The van der Waals surface area contributed by atoms with Gasteiger partial charge in [-0.25, -0.2) is 9.67 Å². The molecule has 5 nitrogen and oxygen atoms in total. The van der Waals surface area contributed by atoms with Crippen LogP contribution in [0.4, 0.5) is 5.69 Å². The zero-order valence-electron chi connectivity index (χ0n) is 6.81. The molecule has 5 heteroatoms. The normalized spacial score (nSPS) is 12.9. The lowest BCUT2D eigenvalue weighted by atomic mass is 10.3. The number of aromatic nitrogens is 4. The third-order valence-corrected chi connectivity index (χ3v) is 2.08. The maximum Gasteiger partial charge on any atom is 0.151 e. The molecule has 0 unspecified atom stereocenters. The lowest BCUT2D eigenvalue weighted by Crippen LogP contribution is -2.16. The van der Waals surface area contributed by atoms with E-state index in [0.29, 0.717) is 6.54 Å². The van der Waals surface area contributed by atoms with Crippen LogP contribution in [0, 0.1) is 0 Å². The van der Waals surface area contributed by atoms with Crippen LogP contribution < -0.4 is 5.32 Å². The molecule has 13 heavy (non-hydrogen) atoms. The summed E-state index contributed by atoms with van der Waals surface area (Å²) in [7, 11) is 0. The molecule has 1 N–H and O–H groups in total. The van der Waals surface area contributed by atoms with Gasteiger partial charge in [-0.1, -0.05) is 0 Å². The van der Waals surface area contributed by atoms with E-state index >= 15 is 0 Å². The minimum Gasteiger partial charge on any atom is -0.375 e. The number of hydrogen-bond donors (Lipinski definition) is 1. The summed E-state index contributed by atoms with van der Waals surface area (Å²) in [5, 5.41) is 7.35. The summed E-state index contributed by atoms with van der Waals surface area (Å²) in [6.07, 6.45) is 5.10. The minimum atomic E-state index is 0.707. The van der Waals surface area contributed by atoms with Crippen LogP contribution in [0.2, 0.25) is 0 Å². The van der Waals surface area contributed by atoms with E-state index in [0.717, 1.165) is 17.2 Å². The van der Waals surface area contributed by atoms with Crippen molar-refractivity contribution < 1.29 is 0 Å². The van der Waals surface area contributed by atoms with Crippen molar-refractivity contribution in [1.82, 2.24) is 19.7 Å². The predicted octanol–water partition coefficient (Wildman–Crippen LogP) is 0.588. The molecule has 1 aliphatic rings. The third-order valence-electron chi connectivity index (χ3n) is 2.08. The number of hydrogen-bond acceptors (Lipinski definition) is 4. The van der Waals surface area contributed by atoms with Gasteiger partial charge in [-0.05, 0) is 6.07 Å². The average Bonchev–Trinajstić information content (AvgIpc) is 2.65. The Morgan fingerprint density at radius 3 is 3.46 bits per heavy atom. The molecule has 0 atom stereocenters. The van der Waals surface area contributed by atoms with E-state index in [1.807, 2.05) is 10.7 Å². The second kappa shape index (κ2) is 2.29. The molecule has 0 saturated heterocycles. The van der Waals surface area contributed by atoms with Crippen LogP contribution in [0.25, 0.3) is 5.69 Å². The van der Waals surface area contributed by atoms with Gasteiger partial charge in [0.05, 0.1) is 24.1 Å². The molecule has 64 valence electrons. The van der Waals surface area contributed by atoms with E-state index in [1.54, 1.807) is 18.7 Å². The van der Waals surface area contributed by atoms with Crippen LogP contribution >= 0.6 is 0 Å². The van der Waals surface area contributed by atoms with Gasteiger partial charge in [0.15, 0.2) is 5.82 Å². The molecular weight excluding hydrogens is 166 g/mol. The largest absolute Gasteiger partial charge is 0.375 e. The van der Waals surface area contributed by atoms with Crippen LogP contribution in [0.5, 0.6) is 0 Å². The van der Waals surface area contributed by atoms with Crippen LogP contribution in [-0.4, -0.2) is 19.7 Å². The Kier molecular flexibility index (Phi) is 1.16. The van der Waals surface area contributed by atoms with Gasteiger partial charge in [-0.2, -0.15) is 5.10 Å². The Balaban J connectivity index is 2.30. The fourth-order valence-corrected chi connectivity index (χ4v) is 1.47. The zero-order chi connectivity index (χ0) is 8.67. The van der Waals surface area contributed by atoms with Gasteiger partial charge in [0.1, 0.15) is 6.33 Å². The Morgan fingerprint density at radius 1 is 1.46 bits per heavy atom. The maximum absolute atomic E-state index is 4.14. The van der Waals surface area contributed by atoms with Crippen molar-refractivity contribution in [3.63, 3.8) is 0 Å². The molecule has 2 aromatic rings. The third kappa shape index (κ3) is 0.837. The number of pyridine rings is 1. The van der Waals surface area contributed by atoms with Gasteiger partial charge in [0.25, 0.3) is 0 Å². The number of fused-ring (bicyclic) bond motifs is 3. The Morgan fingerprint density at radius 2 is 2.46 bits per heavy atom. The molecule has 3 rings (SSSR count). The van der Waals surface area contributed by atoms with Crippen LogP contribution in [-0.2, 0) is 6.54 Å². The van der Waals surface area contributed by atoms with Crippen molar-refractivity contribution >= 4 is 5.69 Å². The summed E-state index contributed by atoms with van der Waals surface area (Å²) in [6.45, 7) is 0.707. The molecule has 0 amide bonds. The summed E-state index contributed by atoms with van der Waals surface area (Å²) in [5.41, 5.74) is 2.01. The van der Waals surface area contributed by atoms with Crippen molar-refractivity contribution in [1.29, 1.82) is 0 Å². The first kappa shape index (κ1) is 6.59. The van der Waals surface area contributed by atoms with Gasteiger partial charge in [0.2, 0.25) is 0 Å². The van der Waals surface area contributed by atoms with E-state index < -0.39 is 0 Å². The fourth-order valence-electron chi connectivity index (χ4n) is 1.47. The molecule has 0 aliphatic carbocycles. The van der Waals surface area contributed by atoms with Crippen LogP contribution in [0.1, 0.15) is 5.82 Å². The van der Waals surface area contributed by atoms with Gasteiger partial charge in [0, 0.05) is 6.20 Å². The SMILES string of the molecule is c1cc2c(cn1)NCc1ncnn1-2. The molecule has 2 aromatic heterocycles. The predicted molar refractivity (Wildman–Crippen MR) is 46.5 cm³/mol. The molecule has 0 radical (unpaired) electrons. The Hall–Kier alpha value is -1.91. The van der Waals surface area contributed by atoms with Gasteiger partial charge >= 0.3 is 0 Å². The van der Waals surface area contributed by atoms with E-state index in [2.05, 4.69) is 20.4 Å². The highest BCUT2D eigenvalue weighted by molar-refractivity contribution is 5.61. The molecular formula is C8H7N5. The molecule has 0 spiro atoms. The van der Waals surface area contributed by atoms with Crippen LogP contribution in [0.3, 0.4) is 0 Å². The van der Waals surface area contributed by atoms with Crippen molar-refractivity contribution in [3.05, 3.63) is 30.6 Å². The molecule has 0 saturated carbocycles. The molecule has 0 fully saturated rings. The summed E-state index contributed by atoms with van der Waals surface area (Å²) < 4.78 is 1.83. The van der Waals surface area contributed by atoms with E-state index in [1.165, 1.54) is 0 Å². The Labute approximate surface area is 74.4 Å². The van der Waals surface area contributed by atoms with E-state index in [4.69, 9.17) is 0 Å². The summed E-state index contributed by atoms with van der Waals surface area (Å²) >= 11 is 0. The first-order valence-corrected chi connectivity index (χ1v) is 4.02. The fraction of sp³-hybridized carbons (Fsp3) is 0.125.